The predicted octanol–water partition coefficient (Wildman–Crippen LogP) is 1.89. The second kappa shape index (κ2) is 6.08. The Kier molecular flexibility index (Phi) is 3.78. The molecule has 0 radical (unpaired) electrons. The molecule has 118 valence electrons. The molecule has 4 rings (SSSR count). The van der Waals surface area contributed by atoms with Crippen molar-refractivity contribution in [2.75, 3.05) is 5.75 Å². The van der Waals surface area contributed by atoms with Gasteiger partial charge in [-0.2, -0.15) is 0 Å². The summed E-state index contributed by atoms with van der Waals surface area (Å²) in [5.74, 6) is 1.12. The van der Waals surface area contributed by atoms with E-state index in [1.807, 2.05) is 41.2 Å². The van der Waals surface area contributed by atoms with Crippen molar-refractivity contribution < 1.29 is 4.79 Å². The molecule has 1 aliphatic rings. The lowest BCUT2D eigenvalue weighted by molar-refractivity contribution is -0.121. The van der Waals surface area contributed by atoms with Gasteiger partial charge in [0.1, 0.15) is 5.65 Å². The van der Waals surface area contributed by atoms with Crippen molar-refractivity contribution in [2.24, 2.45) is 0 Å². The third-order valence-corrected chi connectivity index (χ3v) is 4.81. The molecule has 0 spiro atoms. The fraction of sp³-hybridized carbons (Fsp3) is 0.312. The van der Waals surface area contributed by atoms with Crippen LogP contribution in [-0.4, -0.2) is 30.6 Å². The van der Waals surface area contributed by atoms with Gasteiger partial charge in [0.05, 0.1) is 17.9 Å². The average molecular weight is 327 g/mol. The molecule has 1 aliphatic heterocycles. The summed E-state index contributed by atoms with van der Waals surface area (Å²) in [5.41, 5.74) is 2.77. The Morgan fingerprint density at radius 2 is 2.22 bits per heavy atom. The molecule has 0 aliphatic carbocycles. The average Bonchev–Trinajstić information content (AvgIpc) is 3.24. The van der Waals surface area contributed by atoms with Gasteiger partial charge in [-0.3, -0.25) is 4.79 Å². The molecule has 1 N–H and O–H groups in total. The number of thioether (sulfide) groups is 1. The van der Waals surface area contributed by atoms with Gasteiger partial charge >= 0.3 is 0 Å². The topological polar surface area (TPSA) is 64.2 Å². The molecule has 4 heterocycles. The lowest BCUT2D eigenvalue weighted by atomic mass is 10.2. The predicted molar refractivity (Wildman–Crippen MR) is 88.3 cm³/mol. The van der Waals surface area contributed by atoms with Crippen molar-refractivity contribution in [2.45, 2.75) is 31.1 Å². The highest BCUT2D eigenvalue weighted by atomic mass is 32.2. The monoisotopic (exact) mass is 327 g/mol. The van der Waals surface area contributed by atoms with Gasteiger partial charge in [0.15, 0.2) is 5.16 Å². The van der Waals surface area contributed by atoms with Gasteiger partial charge in [-0.25, -0.2) is 9.97 Å². The van der Waals surface area contributed by atoms with Crippen molar-refractivity contribution in [1.82, 2.24) is 24.3 Å². The van der Waals surface area contributed by atoms with Crippen molar-refractivity contribution >= 4 is 23.3 Å². The first kappa shape index (κ1) is 14.3. The maximum atomic E-state index is 12.0. The smallest absolute Gasteiger partial charge is 0.220 e. The molecule has 0 saturated heterocycles. The number of rotatable bonds is 5. The molecule has 6 nitrogen and oxygen atoms in total. The van der Waals surface area contributed by atoms with Crippen LogP contribution < -0.4 is 5.32 Å². The van der Waals surface area contributed by atoms with Crippen molar-refractivity contribution in [3.8, 4) is 0 Å². The van der Waals surface area contributed by atoms with Crippen LogP contribution in [0.5, 0.6) is 0 Å². The zero-order valence-corrected chi connectivity index (χ0v) is 13.4. The summed E-state index contributed by atoms with van der Waals surface area (Å²) in [6, 6.07) is 5.88. The van der Waals surface area contributed by atoms with E-state index in [4.69, 9.17) is 0 Å². The minimum absolute atomic E-state index is 0.0304. The maximum absolute atomic E-state index is 12.0. The molecule has 0 aromatic carbocycles. The lowest BCUT2D eigenvalue weighted by Crippen LogP contribution is -2.23. The van der Waals surface area contributed by atoms with Gasteiger partial charge in [-0.05, 0) is 18.6 Å². The van der Waals surface area contributed by atoms with E-state index < -0.39 is 0 Å². The maximum Gasteiger partial charge on any atom is 0.220 e. The number of fused-ring (bicyclic) bond motifs is 2. The molecule has 23 heavy (non-hydrogen) atoms. The summed E-state index contributed by atoms with van der Waals surface area (Å²) in [4.78, 5) is 21.0. The van der Waals surface area contributed by atoms with Gasteiger partial charge in [-0.15, -0.1) is 0 Å². The Labute approximate surface area is 137 Å². The largest absolute Gasteiger partial charge is 0.350 e. The summed E-state index contributed by atoms with van der Waals surface area (Å²) >= 11 is 1.76. The van der Waals surface area contributed by atoms with Gasteiger partial charge < -0.3 is 14.3 Å². The van der Waals surface area contributed by atoms with E-state index in [-0.39, 0.29) is 5.91 Å². The van der Waals surface area contributed by atoms with Crippen LogP contribution in [0.1, 0.15) is 17.8 Å². The first-order valence-corrected chi connectivity index (χ1v) is 8.65. The number of nitrogens with one attached hydrogen (secondary N) is 1. The summed E-state index contributed by atoms with van der Waals surface area (Å²) < 4.78 is 4.11. The van der Waals surface area contributed by atoms with E-state index in [1.54, 1.807) is 11.8 Å². The standard InChI is InChI=1S/C16H17N5OS/c22-15(17-9-13-11-21-7-8-23-16(21)19-13)5-4-12-10-20-6-2-1-3-14(20)18-12/h1-3,6,10-11H,4-5,7-9H2,(H,17,22). The fourth-order valence-electron chi connectivity index (χ4n) is 2.67. The third-order valence-electron chi connectivity index (χ3n) is 3.84. The van der Waals surface area contributed by atoms with Gasteiger partial charge in [0.25, 0.3) is 0 Å². The number of aryl methyl sites for hydroxylation is 2. The molecule has 0 saturated carbocycles. The molecule has 0 fully saturated rings. The second-order valence-electron chi connectivity index (χ2n) is 5.53. The van der Waals surface area contributed by atoms with E-state index in [9.17, 15) is 4.79 Å². The molecule has 0 atom stereocenters. The normalized spacial score (nSPS) is 13.4. The number of aromatic nitrogens is 4. The van der Waals surface area contributed by atoms with Crippen LogP contribution in [0.25, 0.3) is 5.65 Å². The first-order valence-electron chi connectivity index (χ1n) is 7.66. The third kappa shape index (κ3) is 3.10. The molecule has 1 amide bonds. The number of pyridine rings is 1. The molecule has 0 bridgehead atoms. The van der Waals surface area contributed by atoms with E-state index in [2.05, 4.69) is 19.9 Å². The van der Waals surface area contributed by atoms with Crippen LogP contribution in [0.2, 0.25) is 0 Å². The SMILES string of the molecule is O=C(CCc1cn2ccccc2n1)NCc1cn2c(n1)SCC2. The van der Waals surface area contributed by atoms with E-state index >= 15 is 0 Å². The number of hydrogen-bond acceptors (Lipinski definition) is 4. The Bertz CT molecular complexity index is 799. The van der Waals surface area contributed by atoms with Gasteiger partial charge in [0.2, 0.25) is 5.91 Å². The number of carbonyl (C=O) groups is 1. The minimum atomic E-state index is 0.0304. The van der Waals surface area contributed by atoms with Crippen LogP contribution in [-0.2, 0) is 24.3 Å². The number of amides is 1. The second-order valence-corrected chi connectivity index (χ2v) is 6.59. The van der Waals surface area contributed by atoms with Crippen molar-refractivity contribution in [3.63, 3.8) is 0 Å². The van der Waals surface area contributed by atoms with Crippen LogP contribution in [0, 0.1) is 0 Å². The van der Waals surface area contributed by atoms with E-state index in [1.165, 1.54) is 0 Å². The minimum Gasteiger partial charge on any atom is -0.350 e. The Balaban J connectivity index is 1.29. The molecule has 0 unspecified atom stereocenters. The van der Waals surface area contributed by atoms with Crippen LogP contribution in [0.15, 0.2) is 41.9 Å². The number of hydrogen-bond donors (Lipinski definition) is 1. The lowest BCUT2D eigenvalue weighted by Gasteiger charge is -2.02. The zero-order valence-electron chi connectivity index (χ0n) is 12.6. The quantitative estimate of drug-likeness (QED) is 0.777. The van der Waals surface area contributed by atoms with Gasteiger partial charge in [-0.1, -0.05) is 17.8 Å². The van der Waals surface area contributed by atoms with Crippen LogP contribution in [0.3, 0.4) is 0 Å². The zero-order chi connectivity index (χ0) is 15.6. The molecule has 7 heteroatoms. The molecular formula is C16H17N5OS. The highest BCUT2D eigenvalue weighted by molar-refractivity contribution is 7.99. The number of carbonyl (C=O) groups excluding carboxylic acids is 1. The van der Waals surface area contributed by atoms with Crippen molar-refractivity contribution in [1.29, 1.82) is 0 Å². The first-order chi connectivity index (χ1) is 11.3. The number of nitrogens with zero attached hydrogens (tertiary/aromatic N) is 4. The van der Waals surface area contributed by atoms with Crippen molar-refractivity contribution in [3.05, 3.63) is 48.2 Å². The van der Waals surface area contributed by atoms with E-state index in [0.29, 0.717) is 19.4 Å². The van der Waals surface area contributed by atoms with Crippen LogP contribution in [0.4, 0.5) is 0 Å². The van der Waals surface area contributed by atoms with E-state index in [0.717, 1.165) is 34.5 Å². The summed E-state index contributed by atoms with van der Waals surface area (Å²) in [6.07, 6.45) is 7.04. The Morgan fingerprint density at radius 3 is 3.09 bits per heavy atom. The molecule has 3 aromatic rings. The molecular weight excluding hydrogens is 310 g/mol. The summed E-state index contributed by atoms with van der Waals surface area (Å²) in [7, 11) is 0. The summed E-state index contributed by atoms with van der Waals surface area (Å²) in [5, 5.41) is 3.99. The molecule has 3 aromatic heterocycles. The van der Waals surface area contributed by atoms with Crippen LogP contribution >= 0.6 is 11.8 Å². The highest BCUT2D eigenvalue weighted by Gasteiger charge is 2.14. The van der Waals surface area contributed by atoms with Gasteiger partial charge in [0, 0.05) is 37.3 Å². The highest BCUT2D eigenvalue weighted by Crippen LogP contribution is 2.24. The Hall–Kier alpha value is -2.28. The Morgan fingerprint density at radius 1 is 1.26 bits per heavy atom. The summed E-state index contributed by atoms with van der Waals surface area (Å²) in [6.45, 7) is 1.50. The fourth-order valence-corrected chi connectivity index (χ4v) is 3.64. The number of imidazole rings is 2.